The van der Waals surface area contributed by atoms with E-state index in [1.54, 1.807) is 12.1 Å². The molecule has 4 N–H and O–H groups in total. The van der Waals surface area contributed by atoms with E-state index in [0.717, 1.165) is 0 Å². The lowest BCUT2D eigenvalue weighted by Crippen LogP contribution is -2.43. The average Bonchev–Trinajstić information content (AvgIpc) is 2.93. The van der Waals surface area contributed by atoms with Crippen molar-refractivity contribution in [3.63, 3.8) is 0 Å². The van der Waals surface area contributed by atoms with E-state index in [9.17, 15) is 9.90 Å². The fourth-order valence-electron chi connectivity index (χ4n) is 1.73. The number of guanidine groups is 1. The molecule has 1 aromatic heterocycles. The molecule has 1 amide bonds. The van der Waals surface area contributed by atoms with Gasteiger partial charge in [0, 0.05) is 12.1 Å². The molecule has 7 nitrogen and oxygen atoms in total. The van der Waals surface area contributed by atoms with E-state index in [1.165, 1.54) is 6.26 Å². The number of aliphatic imine (C=N–C) groups is 1. The highest BCUT2D eigenvalue weighted by Crippen LogP contribution is 2.11. The van der Waals surface area contributed by atoms with E-state index in [2.05, 4.69) is 20.9 Å². The molecular weight excluding hydrogens is 284 g/mol. The fourth-order valence-corrected chi connectivity index (χ4v) is 1.73. The van der Waals surface area contributed by atoms with Gasteiger partial charge in [0.1, 0.15) is 18.4 Å². The first-order chi connectivity index (χ1) is 10.3. The van der Waals surface area contributed by atoms with Crippen molar-refractivity contribution in [1.82, 2.24) is 16.0 Å². The molecule has 0 bridgehead atoms. The summed E-state index contributed by atoms with van der Waals surface area (Å²) in [6.45, 7) is 8.58. The third kappa shape index (κ3) is 7.12. The van der Waals surface area contributed by atoms with E-state index in [0.29, 0.717) is 18.3 Å². The van der Waals surface area contributed by atoms with Crippen LogP contribution in [0.2, 0.25) is 0 Å². The summed E-state index contributed by atoms with van der Waals surface area (Å²) >= 11 is 0. The van der Waals surface area contributed by atoms with E-state index >= 15 is 0 Å². The Morgan fingerprint density at radius 2 is 2.14 bits per heavy atom. The number of nitrogens with one attached hydrogen (secondary N) is 3. The first-order valence-corrected chi connectivity index (χ1v) is 7.36. The van der Waals surface area contributed by atoms with Crippen LogP contribution in [0.4, 0.5) is 0 Å². The predicted octanol–water partition coefficient (Wildman–Crippen LogP) is 0.783. The van der Waals surface area contributed by atoms with Crippen LogP contribution in [0.25, 0.3) is 0 Å². The minimum Gasteiger partial charge on any atom is -0.467 e. The van der Waals surface area contributed by atoms with Gasteiger partial charge in [-0.2, -0.15) is 0 Å². The van der Waals surface area contributed by atoms with Gasteiger partial charge in [0.25, 0.3) is 0 Å². The van der Waals surface area contributed by atoms with Gasteiger partial charge in [-0.25, -0.2) is 4.99 Å². The third-order valence-corrected chi connectivity index (χ3v) is 2.57. The molecule has 7 heteroatoms. The number of furan rings is 1. The molecule has 1 heterocycles. The summed E-state index contributed by atoms with van der Waals surface area (Å²) in [4.78, 5) is 15.9. The lowest BCUT2D eigenvalue weighted by atomic mass is 10.1. The smallest absolute Gasteiger partial charge is 0.242 e. The van der Waals surface area contributed by atoms with Gasteiger partial charge in [-0.05, 0) is 39.8 Å². The van der Waals surface area contributed by atoms with Gasteiger partial charge in [0.2, 0.25) is 5.91 Å². The molecule has 0 saturated carbocycles. The highest BCUT2D eigenvalue weighted by molar-refractivity contribution is 5.85. The lowest BCUT2D eigenvalue weighted by molar-refractivity contribution is -0.121. The number of aliphatic hydroxyl groups is 1. The number of nitrogens with zero attached hydrogens (tertiary/aromatic N) is 1. The van der Waals surface area contributed by atoms with Crippen LogP contribution in [0.3, 0.4) is 0 Å². The average molecular weight is 310 g/mol. The number of carbonyl (C=O) groups is 1. The number of amides is 1. The molecule has 0 aliphatic heterocycles. The maximum atomic E-state index is 11.8. The molecule has 1 unspecified atom stereocenters. The Kier molecular flexibility index (Phi) is 6.91. The second-order valence-electron chi connectivity index (χ2n) is 5.91. The van der Waals surface area contributed by atoms with E-state index in [1.807, 2.05) is 27.7 Å². The largest absolute Gasteiger partial charge is 0.467 e. The number of hydrogen-bond donors (Lipinski definition) is 4. The zero-order chi connectivity index (χ0) is 16.6. The zero-order valence-corrected chi connectivity index (χ0v) is 13.6. The van der Waals surface area contributed by atoms with Crippen LogP contribution in [0, 0.1) is 0 Å². The third-order valence-electron chi connectivity index (χ3n) is 2.57. The predicted molar refractivity (Wildman–Crippen MR) is 85.5 cm³/mol. The van der Waals surface area contributed by atoms with Crippen molar-refractivity contribution in [3.8, 4) is 0 Å². The Labute approximate surface area is 131 Å². The molecule has 1 aromatic rings. The molecule has 124 valence electrons. The number of aliphatic hydroxyl groups excluding tert-OH is 1. The van der Waals surface area contributed by atoms with Crippen molar-refractivity contribution in [2.45, 2.75) is 39.3 Å². The van der Waals surface area contributed by atoms with Gasteiger partial charge < -0.3 is 25.5 Å². The molecule has 0 fully saturated rings. The SMILES string of the molecule is CCNC(=NCC(=O)NC(C)(C)C)NCC(O)c1ccco1. The molecule has 0 aliphatic carbocycles. The Balaban J connectivity index is 2.50. The van der Waals surface area contributed by atoms with Crippen molar-refractivity contribution in [1.29, 1.82) is 0 Å². The van der Waals surface area contributed by atoms with E-state index in [4.69, 9.17) is 4.42 Å². The minimum absolute atomic E-state index is 0.0173. The quantitative estimate of drug-likeness (QED) is 0.460. The van der Waals surface area contributed by atoms with Crippen molar-refractivity contribution >= 4 is 11.9 Å². The molecule has 0 spiro atoms. The van der Waals surface area contributed by atoms with Crippen LogP contribution in [-0.4, -0.2) is 42.1 Å². The first-order valence-electron chi connectivity index (χ1n) is 7.36. The molecule has 1 atom stereocenters. The molecular formula is C15H26N4O3. The van der Waals surface area contributed by atoms with Crippen molar-refractivity contribution < 1.29 is 14.3 Å². The highest BCUT2D eigenvalue weighted by atomic mass is 16.4. The molecule has 0 aromatic carbocycles. The summed E-state index contributed by atoms with van der Waals surface area (Å²) in [5, 5.41) is 18.8. The van der Waals surface area contributed by atoms with Gasteiger partial charge in [-0.1, -0.05) is 0 Å². The summed E-state index contributed by atoms with van der Waals surface area (Å²) in [6, 6.07) is 3.42. The number of hydrogen-bond acceptors (Lipinski definition) is 4. The first kappa shape index (κ1) is 18.0. The van der Waals surface area contributed by atoms with E-state index < -0.39 is 6.10 Å². The van der Waals surface area contributed by atoms with Gasteiger partial charge in [-0.15, -0.1) is 0 Å². The van der Waals surface area contributed by atoms with Crippen LogP contribution >= 0.6 is 0 Å². The number of rotatable bonds is 6. The van der Waals surface area contributed by atoms with Crippen LogP contribution in [-0.2, 0) is 4.79 Å². The summed E-state index contributed by atoms with van der Waals surface area (Å²) in [5.41, 5.74) is -0.284. The number of carbonyl (C=O) groups excluding carboxylic acids is 1. The maximum absolute atomic E-state index is 11.8. The molecule has 0 saturated heterocycles. The van der Waals surface area contributed by atoms with E-state index in [-0.39, 0.29) is 24.5 Å². The lowest BCUT2D eigenvalue weighted by Gasteiger charge is -2.20. The molecule has 0 radical (unpaired) electrons. The summed E-state index contributed by atoms with van der Waals surface area (Å²) < 4.78 is 5.13. The van der Waals surface area contributed by atoms with Gasteiger partial charge in [0.05, 0.1) is 12.8 Å². The van der Waals surface area contributed by atoms with Crippen LogP contribution in [0.15, 0.2) is 27.8 Å². The zero-order valence-electron chi connectivity index (χ0n) is 13.6. The van der Waals surface area contributed by atoms with Crippen molar-refractivity contribution in [2.75, 3.05) is 19.6 Å². The van der Waals surface area contributed by atoms with Crippen LogP contribution in [0.1, 0.15) is 39.6 Å². The Bertz CT molecular complexity index is 477. The van der Waals surface area contributed by atoms with Crippen molar-refractivity contribution in [3.05, 3.63) is 24.2 Å². The standard InChI is InChI=1S/C15H26N4O3/c1-5-16-14(18-10-13(21)19-15(2,3)4)17-9-11(20)12-7-6-8-22-12/h6-8,11,20H,5,9-10H2,1-4H3,(H,19,21)(H2,16,17,18). The highest BCUT2D eigenvalue weighted by Gasteiger charge is 2.14. The molecule has 22 heavy (non-hydrogen) atoms. The van der Waals surface area contributed by atoms with Gasteiger partial charge in [-0.3, -0.25) is 4.79 Å². The summed E-state index contributed by atoms with van der Waals surface area (Å²) in [5.74, 6) is 0.794. The normalized spacial score (nSPS) is 13.6. The summed E-state index contributed by atoms with van der Waals surface area (Å²) in [6.07, 6.45) is 0.733. The molecule has 1 rings (SSSR count). The Hall–Kier alpha value is -2.02. The Morgan fingerprint density at radius 3 is 2.68 bits per heavy atom. The second kappa shape index (κ2) is 8.43. The topological polar surface area (TPSA) is 98.9 Å². The van der Waals surface area contributed by atoms with Crippen molar-refractivity contribution in [2.24, 2.45) is 4.99 Å². The minimum atomic E-state index is -0.776. The molecule has 0 aliphatic rings. The van der Waals surface area contributed by atoms with Crippen LogP contribution < -0.4 is 16.0 Å². The second-order valence-corrected chi connectivity index (χ2v) is 5.91. The monoisotopic (exact) mass is 310 g/mol. The Morgan fingerprint density at radius 1 is 1.41 bits per heavy atom. The fraction of sp³-hybridized carbons (Fsp3) is 0.600. The van der Waals surface area contributed by atoms with Crippen LogP contribution in [0.5, 0.6) is 0 Å². The van der Waals surface area contributed by atoms with Gasteiger partial charge >= 0.3 is 0 Å². The maximum Gasteiger partial charge on any atom is 0.242 e. The summed E-state index contributed by atoms with van der Waals surface area (Å²) in [7, 11) is 0. The van der Waals surface area contributed by atoms with Gasteiger partial charge in [0.15, 0.2) is 5.96 Å².